The monoisotopic (exact) mass is 572 g/mol. The molecule has 0 saturated heterocycles. The number of hydrogen-bond acceptors (Lipinski definition) is 8. The predicted octanol–water partition coefficient (Wildman–Crippen LogP) is 5.00. The number of carbonyl (C=O) groups excluding carboxylic acids is 1. The zero-order chi connectivity index (χ0) is 29.4. The van der Waals surface area contributed by atoms with E-state index in [0.29, 0.717) is 37.9 Å². The molecule has 41 heavy (non-hydrogen) atoms. The number of esters is 1. The summed E-state index contributed by atoms with van der Waals surface area (Å²) in [4.78, 5) is 32.3. The van der Waals surface area contributed by atoms with Crippen LogP contribution in [0, 0.1) is 20.8 Å². The summed E-state index contributed by atoms with van der Waals surface area (Å²) in [5.41, 5.74) is 5.62. The van der Waals surface area contributed by atoms with Crippen molar-refractivity contribution in [3.8, 4) is 22.8 Å². The Balaban J connectivity index is 1.67. The Morgan fingerprint density at radius 3 is 2.44 bits per heavy atom. The van der Waals surface area contributed by atoms with E-state index in [4.69, 9.17) is 18.6 Å². The third-order valence-corrected chi connectivity index (χ3v) is 8.34. The van der Waals surface area contributed by atoms with E-state index >= 15 is 0 Å². The van der Waals surface area contributed by atoms with E-state index in [-0.39, 0.29) is 17.7 Å². The normalized spacial score (nSPS) is 15.0. The third-order valence-electron chi connectivity index (χ3n) is 7.36. The fraction of sp³-hybridized carbons (Fsp3) is 0.281. The first-order valence-corrected chi connectivity index (χ1v) is 14.1. The SMILES string of the molecule is CCOC(=O)C1=C(C)N=c2sc(=Cc3ccc(-c4cc(C)c(C)c(C)c4)o3)c(=O)n2C1c1cc(OC)ccc1OC. The van der Waals surface area contributed by atoms with Crippen LogP contribution in [0.3, 0.4) is 0 Å². The zero-order valence-electron chi connectivity index (χ0n) is 24.2. The van der Waals surface area contributed by atoms with Crippen LogP contribution in [0.1, 0.15) is 47.9 Å². The predicted molar refractivity (Wildman–Crippen MR) is 158 cm³/mol. The van der Waals surface area contributed by atoms with Gasteiger partial charge in [-0.25, -0.2) is 9.79 Å². The Morgan fingerprint density at radius 1 is 1.05 bits per heavy atom. The molecule has 1 aliphatic heterocycles. The number of hydrogen-bond donors (Lipinski definition) is 0. The van der Waals surface area contributed by atoms with Crippen molar-refractivity contribution in [3.05, 3.63) is 101 Å². The molecule has 0 radical (unpaired) electrons. The van der Waals surface area contributed by atoms with Gasteiger partial charge in [-0.15, -0.1) is 0 Å². The van der Waals surface area contributed by atoms with Crippen molar-refractivity contribution < 1.29 is 23.4 Å². The Kier molecular flexibility index (Phi) is 7.73. The van der Waals surface area contributed by atoms with Gasteiger partial charge in [0.1, 0.15) is 29.1 Å². The molecule has 4 aromatic rings. The van der Waals surface area contributed by atoms with Crippen molar-refractivity contribution in [1.29, 1.82) is 0 Å². The lowest BCUT2D eigenvalue weighted by Crippen LogP contribution is -2.40. The van der Waals surface area contributed by atoms with Crippen LogP contribution in [0.5, 0.6) is 11.5 Å². The molecule has 0 spiro atoms. The van der Waals surface area contributed by atoms with Crippen LogP contribution < -0.4 is 24.4 Å². The van der Waals surface area contributed by atoms with Gasteiger partial charge in [0.15, 0.2) is 4.80 Å². The number of benzene rings is 2. The first-order chi connectivity index (χ1) is 19.7. The second-order valence-electron chi connectivity index (χ2n) is 9.85. The third kappa shape index (κ3) is 5.13. The molecular formula is C32H32N2O6S. The highest BCUT2D eigenvalue weighted by Crippen LogP contribution is 2.38. The Labute approximate surface area is 241 Å². The average molecular weight is 573 g/mol. The Hall–Kier alpha value is -4.37. The van der Waals surface area contributed by atoms with E-state index in [9.17, 15) is 9.59 Å². The molecule has 0 N–H and O–H groups in total. The van der Waals surface area contributed by atoms with Crippen molar-refractivity contribution >= 4 is 23.4 Å². The molecule has 212 valence electrons. The number of rotatable bonds is 7. The van der Waals surface area contributed by atoms with Gasteiger partial charge in [0, 0.05) is 17.2 Å². The number of carbonyl (C=O) groups is 1. The van der Waals surface area contributed by atoms with Gasteiger partial charge in [-0.1, -0.05) is 11.3 Å². The van der Waals surface area contributed by atoms with E-state index in [1.807, 2.05) is 12.1 Å². The number of furan rings is 1. The van der Waals surface area contributed by atoms with Crippen LogP contribution in [-0.4, -0.2) is 31.4 Å². The molecule has 0 bridgehead atoms. The van der Waals surface area contributed by atoms with Crippen molar-refractivity contribution in [3.63, 3.8) is 0 Å². The number of ether oxygens (including phenoxy) is 3. The minimum atomic E-state index is -0.830. The fourth-order valence-corrected chi connectivity index (χ4v) is 6.06. The van der Waals surface area contributed by atoms with E-state index < -0.39 is 12.0 Å². The summed E-state index contributed by atoms with van der Waals surface area (Å²) >= 11 is 1.23. The van der Waals surface area contributed by atoms with Gasteiger partial charge >= 0.3 is 5.97 Å². The Bertz CT molecular complexity index is 1850. The molecule has 3 heterocycles. The first-order valence-electron chi connectivity index (χ1n) is 13.3. The number of thiazole rings is 1. The molecule has 1 atom stereocenters. The lowest BCUT2D eigenvalue weighted by Gasteiger charge is -2.26. The van der Waals surface area contributed by atoms with Crippen molar-refractivity contribution in [2.75, 3.05) is 20.8 Å². The Morgan fingerprint density at radius 2 is 1.78 bits per heavy atom. The number of nitrogens with zero attached hydrogens (tertiary/aromatic N) is 2. The number of fused-ring (bicyclic) bond motifs is 1. The number of allylic oxidation sites excluding steroid dienone is 1. The highest BCUT2D eigenvalue weighted by molar-refractivity contribution is 7.07. The van der Waals surface area contributed by atoms with Crippen LogP contribution in [0.2, 0.25) is 0 Å². The quantitative estimate of drug-likeness (QED) is 0.290. The van der Waals surface area contributed by atoms with Crippen LogP contribution in [0.25, 0.3) is 17.4 Å². The second kappa shape index (κ2) is 11.2. The van der Waals surface area contributed by atoms with E-state index in [0.717, 1.165) is 11.3 Å². The van der Waals surface area contributed by atoms with Crippen LogP contribution >= 0.6 is 11.3 Å². The molecule has 1 aliphatic rings. The van der Waals surface area contributed by atoms with Gasteiger partial charge in [0.2, 0.25) is 0 Å². The molecule has 0 amide bonds. The summed E-state index contributed by atoms with van der Waals surface area (Å²) < 4.78 is 24.6. The maximum absolute atomic E-state index is 14.0. The zero-order valence-corrected chi connectivity index (χ0v) is 25.0. The van der Waals surface area contributed by atoms with E-state index in [1.165, 1.54) is 32.6 Å². The van der Waals surface area contributed by atoms with Crippen molar-refractivity contribution in [2.45, 2.75) is 40.7 Å². The van der Waals surface area contributed by atoms with Crippen molar-refractivity contribution in [2.24, 2.45) is 4.99 Å². The second-order valence-corrected chi connectivity index (χ2v) is 10.9. The molecule has 2 aromatic heterocycles. The summed E-state index contributed by atoms with van der Waals surface area (Å²) in [6, 6.07) is 12.4. The molecule has 2 aromatic carbocycles. The number of methoxy groups -OCH3 is 2. The molecular weight excluding hydrogens is 540 g/mol. The van der Waals surface area contributed by atoms with Gasteiger partial charge in [-0.3, -0.25) is 9.36 Å². The molecule has 0 aliphatic carbocycles. The van der Waals surface area contributed by atoms with Gasteiger partial charge in [0.25, 0.3) is 5.56 Å². The summed E-state index contributed by atoms with van der Waals surface area (Å²) in [7, 11) is 3.10. The molecule has 1 unspecified atom stereocenters. The number of aromatic nitrogens is 1. The summed E-state index contributed by atoms with van der Waals surface area (Å²) in [5, 5.41) is 0. The van der Waals surface area contributed by atoms with Crippen molar-refractivity contribution in [1.82, 2.24) is 4.57 Å². The maximum Gasteiger partial charge on any atom is 0.338 e. The molecule has 5 rings (SSSR count). The highest BCUT2D eigenvalue weighted by Gasteiger charge is 2.35. The highest BCUT2D eigenvalue weighted by atomic mass is 32.1. The summed E-state index contributed by atoms with van der Waals surface area (Å²) in [5.74, 6) is 1.77. The van der Waals surface area contributed by atoms with Gasteiger partial charge in [-0.05, 0) is 93.8 Å². The van der Waals surface area contributed by atoms with Crippen LogP contribution in [0.4, 0.5) is 0 Å². The molecule has 0 saturated carbocycles. The van der Waals surface area contributed by atoms with Crippen LogP contribution in [0.15, 0.2) is 67.9 Å². The minimum absolute atomic E-state index is 0.183. The minimum Gasteiger partial charge on any atom is -0.497 e. The van der Waals surface area contributed by atoms with Gasteiger partial charge in [0.05, 0.1) is 36.6 Å². The lowest BCUT2D eigenvalue weighted by atomic mass is 9.95. The summed E-state index contributed by atoms with van der Waals surface area (Å²) in [6.45, 7) is 9.93. The number of aryl methyl sites for hydroxylation is 2. The molecule has 8 nitrogen and oxygen atoms in total. The average Bonchev–Trinajstić information content (AvgIpc) is 3.54. The van der Waals surface area contributed by atoms with Crippen LogP contribution in [-0.2, 0) is 9.53 Å². The molecule has 9 heteroatoms. The van der Waals surface area contributed by atoms with Gasteiger partial charge < -0.3 is 18.6 Å². The lowest BCUT2D eigenvalue weighted by molar-refractivity contribution is -0.139. The topological polar surface area (TPSA) is 92.3 Å². The molecule has 0 fully saturated rings. The standard InChI is InChI=1S/C32H32N2O6S/c1-8-39-31(36)28-20(5)33-32-34(29(28)24-15-22(37-6)9-12-26(24)38-7)30(35)27(41-32)16-23-10-11-25(40-23)21-13-17(2)19(4)18(3)14-21/h9-16,29H,8H2,1-7H3. The maximum atomic E-state index is 14.0. The van der Waals surface area contributed by atoms with E-state index in [2.05, 4.69) is 37.9 Å². The first kappa shape index (κ1) is 28.2. The van der Waals surface area contributed by atoms with E-state index in [1.54, 1.807) is 52.3 Å². The smallest absolute Gasteiger partial charge is 0.338 e. The fourth-order valence-electron chi connectivity index (χ4n) is 5.03. The summed E-state index contributed by atoms with van der Waals surface area (Å²) in [6.07, 6.45) is 1.71. The largest absolute Gasteiger partial charge is 0.497 e. The van der Waals surface area contributed by atoms with Gasteiger partial charge in [-0.2, -0.15) is 0 Å².